The Morgan fingerprint density at radius 1 is 1.00 bits per heavy atom. The monoisotopic (exact) mass is 468 g/mol. The molecule has 3 aromatic carbocycles. The number of carbonyl (C=O) groups excluding carboxylic acids is 1. The number of nitrogens with one attached hydrogen (secondary N) is 1. The zero-order valence-electron chi connectivity index (χ0n) is 20.6. The molecular formula is C29H32N4O2. The average Bonchev–Trinajstić information content (AvgIpc) is 2.87. The molecule has 0 spiro atoms. The number of aromatic nitrogens is 2. The van der Waals surface area contributed by atoms with Crippen LogP contribution in [0.2, 0.25) is 0 Å². The van der Waals surface area contributed by atoms with Gasteiger partial charge in [-0.25, -0.2) is 9.78 Å². The predicted molar refractivity (Wildman–Crippen MR) is 142 cm³/mol. The van der Waals surface area contributed by atoms with Crippen molar-refractivity contribution in [3.05, 3.63) is 106 Å². The van der Waals surface area contributed by atoms with Crippen molar-refractivity contribution in [1.82, 2.24) is 14.5 Å². The lowest BCUT2D eigenvalue weighted by atomic mass is 10.1. The van der Waals surface area contributed by atoms with Gasteiger partial charge in [-0.15, -0.1) is 0 Å². The van der Waals surface area contributed by atoms with Crippen molar-refractivity contribution < 1.29 is 4.79 Å². The number of hydrogen-bond donors (Lipinski definition) is 1. The maximum atomic E-state index is 13.6. The normalized spacial score (nSPS) is 11.9. The van der Waals surface area contributed by atoms with Gasteiger partial charge in [-0.3, -0.25) is 9.36 Å². The molecule has 6 heteroatoms. The van der Waals surface area contributed by atoms with E-state index in [0.717, 1.165) is 23.2 Å². The minimum absolute atomic E-state index is 0.0683. The highest BCUT2D eigenvalue weighted by molar-refractivity contribution is 5.89. The van der Waals surface area contributed by atoms with Crippen LogP contribution in [0.25, 0.3) is 10.9 Å². The molecular weight excluding hydrogens is 436 g/mol. The minimum Gasteiger partial charge on any atom is -0.314 e. The molecule has 1 unspecified atom stereocenters. The number of anilines is 1. The molecule has 0 fully saturated rings. The molecule has 1 N–H and O–H groups in total. The molecule has 4 aromatic rings. The number of carbonyl (C=O) groups is 1. The van der Waals surface area contributed by atoms with Crippen LogP contribution in [0.15, 0.2) is 83.7 Å². The van der Waals surface area contributed by atoms with Crippen LogP contribution in [-0.4, -0.2) is 27.0 Å². The van der Waals surface area contributed by atoms with Gasteiger partial charge in [-0.2, -0.15) is 0 Å². The summed E-state index contributed by atoms with van der Waals surface area (Å²) in [6, 6.07) is 24.6. The van der Waals surface area contributed by atoms with Crippen LogP contribution in [0.1, 0.15) is 43.3 Å². The van der Waals surface area contributed by atoms with Crippen molar-refractivity contribution in [2.45, 2.75) is 46.2 Å². The molecule has 0 bridgehead atoms. The summed E-state index contributed by atoms with van der Waals surface area (Å²) >= 11 is 0. The van der Waals surface area contributed by atoms with Crippen molar-refractivity contribution >= 4 is 22.6 Å². The lowest BCUT2D eigenvalue weighted by molar-refractivity contribution is 0.189. The maximum absolute atomic E-state index is 13.6. The number of amides is 2. The summed E-state index contributed by atoms with van der Waals surface area (Å²) in [6.45, 7) is 7.02. The Morgan fingerprint density at radius 3 is 2.40 bits per heavy atom. The molecule has 1 aromatic heterocycles. The van der Waals surface area contributed by atoms with Crippen LogP contribution in [-0.2, 0) is 13.0 Å². The summed E-state index contributed by atoms with van der Waals surface area (Å²) in [4.78, 5) is 33.5. The van der Waals surface area contributed by atoms with Crippen LogP contribution in [0, 0.1) is 6.92 Å². The van der Waals surface area contributed by atoms with Gasteiger partial charge < -0.3 is 10.2 Å². The van der Waals surface area contributed by atoms with Gasteiger partial charge >= 0.3 is 6.03 Å². The highest BCUT2D eigenvalue weighted by atomic mass is 16.2. The van der Waals surface area contributed by atoms with E-state index in [1.165, 1.54) is 0 Å². The van der Waals surface area contributed by atoms with Gasteiger partial charge in [0.15, 0.2) is 0 Å². The largest absolute Gasteiger partial charge is 0.322 e. The second kappa shape index (κ2) is 11.0. The molecule has 1 heterocycles. The van der Waals surface area contributed by atoms with Gasteiger partial charge in [0.05, 0.1) is 16.9 Å². The molecule has 0 radical (unpaired) electrons. The summed E-state index contributed by atoms with van der Waals surface area (Å²) in [6.07, 6.45) is 1.48. The van der Waals surface area contributed by atoms with Gasteiger partial charge in [-0.1, -0.05) is 67.1 Å². The Bertz CT molecular complexity index is 1350. The first-order chi connectivity index (χ1) is 17.0. The van der Waals surface area contributed by atoms with E-state index >= 15 is 0 Å². The number of para-hydroxylation sites is 1. The molecule has 35 heavy (non-hydrogen) atoms. The SMILES string of the molecule is CCCn1c(C(C)N(CCc2ccccc2)C(=O)Nc2ccc(C)cc2)nc2ccccc2c1=O. The third kappa shape index (κ3) is 5.60. The molecule has 180 valence electrons. The van der Waals surface area contributed by atoms with Crippen LogP contribution < -0.4 is 10.9 Å². The van der Waals surface area contributed by atoms with Crippen LogP contribution in [0.4, 0.5) is 10.5 Å². The van der Waals surface area contributed by atoms with Gasteiger partial charge in [0.2, 0.25) is 0 Å². The highest BCUT2D eigenvalue weighted by Crippen LogP contribution is 2.22. The second-order valence-electron chi connectivity index (χ2n) is 8.85. The fourth-order valence-electron chi connectivity index (χ4n) is 4.28. The summed E-state index contributed by atoms with van der Waals surface area (Å²) in [5, 5.41) is 3.63. The molecule has 4 rings (SSSR count). The molecule has 0 saturated heterocycles. The van der Waals surface area contributed by atoms with E-state index in [-0.39, 0.29) is 11.6 Å². The Balaban J connectivity index is 1.71. The number of aryl methyl sites for hydroxylation is 1. The second-order valence-corrected chi connectivity index (χ2v) is 8.85. The van der Waals surface area contributed by atoms with E-state index in [2.05, 4.69) is 17.4 Å². The van der Waals surface area contributed by atoms with E-state index in [0.29, 0.717) is 36.2 Å². The Hall–Kier alpha value is -3.93. The average molecular weight is 469 g/mol. The molecule has 1 atom stereocenters. The zero-order chi connectivity index (χ0) is 24.8. The van der Waals surface area contributed by atoms with Crippen LogP contribution in [0.3, 0.4) is 0 Å². The Labute approximate surface area is 206 Å². The number of fused-ring (bicyclic) bond motifs is 1. The Morgan fingerprint density at radius 2 is 1.69 bits per heavy atom. The van der Waals surface area contributed by atoms with E-state index in [1.807, 2.05) is 87.5 Å². The number of nitrogens with zero attached hydrogens (tertiary/aromatic N) is 3. The smallest absolute Gasteiger partial charge is 0.314 e. The fourth-order valence-corrected chi connectivity index (χ4v) is 4.28. The minimum atomic E-state index is -0.409. The molecule has 2 amide bonds. The highest BCUT2D eigenvalue weighted by Gasteiger charge is 2.26. The lowest BCUT2D eigenvalue weighted by Crippen LogP contribution is -2.41. The summed E-state index contributed by atoms with van der Waals surface area (Å²) in [7, 11) is 0. The standard InChI is InChI=1S/C29H32N4O2/c1-4-19-33-27(31-26-13-9-8-12-25(26)28(33)34)22(3)32(20-18-23-10-6-5-7-11-23)29(35)30-24-16-14-21(2)15-17-24/h5-17,22H,4,18-20H2,1-3H3,(H,30,35). The van der Waals surface area contributed by atoms with E-state index in [9.17, 15) is 9.59 Å². The van der Waals surface area contributed by atoms with Crippen molar-refractivity contribution in [2.75, 3.05) is 11.9 Å². The molecule has 6 nitrogen and oxygen atoms in total. The van der Waals surface area contributed by atoms with Crippen molar-refractivity contribution in [1.29, 1.82) is 0 Å². The summed E-state index contributed by atoms with van der Waals surface area (Å²) < 4.78 is 1.72. The molecule has 0 aliphatic rings. The summed E-state index contributed by atoms with van der Waals surface area (Å²) in [5.74, 6) is 0.600. The number of urea groups is 1. The number of hydrogen-bond acceptors (Lipinski definition) is 3. The van der Waals surface area contributed by atoms with E-state index < -0.39 is 6.04 Å². The third-order valence-electron chi connectivity index (χ3n) is 6.23. The molecule has 0 saturated carbocycles. The maximum Gasteiger partial charge on any atom is 0.322 e. The predicted octanol–water partition coefficient (Wildman–Crippen LogP) is 5.95. The Kier molecular flexibility index (Phi) is 7.60. The van der Waals surface area contributed by atoms with E-state index in [4.69, 9.17) is 4.98 Å². The van der Waals surface area contributed by atoms with Crippen molar-refractivity contribution in [2.24, 2.45) is 0 Å². The van der Waals surface area contributed by atoms with Gasteiger partial charge in [-0.05, 0) is 56.5 Å². The van der Waals surface area contributed by atoms with E-state index in [1.54, 1.807) is 9.47 Å². The lowest BCUT2D eigenvalue weighted by Gasteiger charge is -2.31. The summed E-state index contributed by atoms with van der Waals surface area (Å²) in [5.41, 5.74) is 3.58. The van der Waals surface area contributed by atoms with Crippen LogP contribution in [0.5, 0.6) is 0 Å². The first kappa shape index (κ1) is 24.2. The first-order valence-electron chi connectivity index (χ1n) is 12.2. The van der Waals surface area contributed by atoms with Crippen molar-refractivity contribution in [3.8, 4) is 0 Å². The topological polar surface area (TPSA) is 67.2 Å². The first-order valence-corrected chi connectivity index (χ1v) is 12.2. The van der Waals surface area contributed by atoms with Gasteiger partial charge in [0.1, 0.15) is 5.82 Å². The zero-order valence-corrected chi connectivity index (χ0v) is 20.6. The molecule has 0 aliphatic heterocycles. The quantitative estimate of drug-likeness (QED) is 0.347. The van der Waals surface area contributed by atoms with Crippen molar-refractivity contribution in [3.63, 3.8) is 0 Å². The third-order valence-corrected chi connectivity index (χ3v) is 6.23. The van der Waals surface area contributed by atoms with Gasteiger partial charge in [0, 0.05) is 18.8 Å². The fraction of sp³-hybridized carbons (Fsp3) is 0.276. The number of rotatable bonds is 8. The van der Waals surface area contributed by atoms with Crippen LogP contribution >= 0.6 is 0 Å². The molecule has 0 aliphatic carbocycles. The number of benzene rings is 3. The van der Waals surface area contributed by atoms with Gasteiger partial charge in [0.25, 0.3) is 5.56 Å².